The summed E-state index contributed by atoms with van der Waals surface area (Å²) < 4.78 is 1.26. The number of nitrogens with two attached hydrogens (primary N) is 1. The van der Waals surface area contributed by atoms with Gasteiger partial charge in [-0.15, -0.1) is 0 Å². The van der Waals surface area contributed by atoms with Gasteiger partial charge in [0.25, 0.3) is 0 Å². The highest BCUT2D eigenvalue weighted by Gasteiger charge is 2.30. The van der Waals surface area contributed by atoms with Gasteiger partial charge in [-0.2, -0.15) is 5.10 Å². The van der Waals surface area contributed by atoms with E-state index < -0.39 is 0 Å². The fraction of sp³-hybridized carbons (Fsp3) is 0.0952. The van der Waals surface area contributed by atoms with Crippen molar-refractivity contribution in [3.05, 3.63) is 93.6 Å². The highest BCUT2D eigenvalue weighted by atomic mass is 127. The van der Waals surface area contributed by atoms with Gasteiger partial charge in [0.05, 0.1) is 17.4 Å². The minimum atomic E-state index is 0.187. The number of hydrogen-bond donors (Lipinski definition) is 1. The lowest BCUT2D eigenvalue weighted by Gasteiger charge is -2.24. The zero-order valence-electron chi connectivity index (χ0n) is 13.6. The average molecular weight is 439 g/mol. The second-order valence-corrected chi connectivity index (χ2v) is 7.26. The van der Waals surface area contributed by atoms with Gasteiger partial charge in [-0.3, -0.25) is 5.01 Å². The van der Waals surface area contributed by atoms with E-state index in [-0.39, 0.29) is 6.04 Å². The Hall–Kier alpha value is -2.34. The molecular weight excluding hydrogens is 421 g/mol. The summed E-state index contributed by atoms with van der Waals surface area (Å²) in [5, 5.41) is 7.09. The van der Waals surface area contributed by atoms with Crippen LogP contribution in [0.5, 0.6) is 0 Å². The van der Waals surface area contributed by atoms with E-state index in [1.54, 1.807) is 0 Å². The average Bonchev–Trinajstić information content (AvgIpc) is 3.08. The van der Waals surface area contributed by atoms with Crippen LogP contribution in [0.15, 0.2) is 84.0 Å². The quantitative estimate of drug-likeness (QED) is 0.449. The number of hydrazone groups is 1. The maximum Gasteiger partial charge on any atom is 0.0842 e. The first-order chi connectivity index (χ1) is 12.2. The Kier molecular flexibility index (Phi) is 4.44. The lowest BCUT2D eigenvalue weighted by atomic mass is 9.98. The molecule has 4 heteroatoms. The molecule has 3 nitrogen and oxygen atoms in total. The Morgan fingerprint density at radius 2 is 1.68 bits per heavy atom. The molecule has 4 rings (SSSR count). The monoisotopic (exact) mass is 439 g/mol. The molecule has 0 fully saturated rings. The molecule has 124 valence electrons. The van der Waals surface area contributed by atoms with E-state index in [2.05, 4.69) is 82.2 Å². The summed E-state index contributed by atoms with van der Waals surface area (Å²) in [4.78, 5) is 0. The van der Waals surface area contributed by atoms with Crippen molar-refractivity contribution in [2.45, 2.75) is 12.5 Å². The highest BCUT2D eigenvalue weighted by Crippen LogP contribution is 2.38. The third-order valence-corrected chi connectivity index (χ3v) is 5.40. The van der Waals surface area contributed by atoms with E-state index in [0.717, 1.165) is 29.1 Å². The zero-order valence-corrected chi connectivity index (χ0v) is 15.8. The van der Waals surface area contributed by atoms with Gasteiger partial charge < -0.3 is 5.73 Å². The summed E-state index contributed by atoms with van der Waals surface area (Å²) in [6.45, 7) is 0. The van der Waals surface area contributed by atoms with E-state index in [1.807, 2.05) is 24.3 Å². The highest BCUT2D eigenvalue weighted by molar-refractivity contribution is 14.1. The summed E-state index contributed by atoms with van der Waals surface area (Å²) in [6.07, 6.45) is 0.859. The predicted octanol–water partition coefficient (Wildman–Crippen LogP) is 5.23. The van der Waals surface area contributed by atoms with Crippen molar-refractivity contribution in [3.63, 3.8) is 0 Å². The second-order valence-electron chi connectivity index (χ2n) is 6.09. The van der Waals surface area contributed by atoms with E-state index in [0.29, 0.717) is 0 Å². The van der Waals surface area contributed by atoms with Gasteiger partial charge >= 0.3 is 0 Å². The standard InChI is InChI=1S/C21H18IN3/c22-19-12-5-4-11-18(19)21-14-20(15-7-6-8-16(23)13-15)24-25(21)17-9-2-1-3-10-17/h1-13,21H,14,23H2. The number of para-hydroxylation sites is 1. The van der Waals surface area contributed by atoms with Crippen LogP contribution >= 0.6 is 22.6 Å². The third-order valence-electron chi connectivity index (χ3n) is 4.42. The van der Waals surface area contributed by atoms with Crippen LogP contribution in [0, 0.1) is 3.57 Å². The summed E-state index contributed by atoms with van der Waals surface area (Å²) in [5.41, 5.74) is 11.3. The van der Waals surface area contributed by atoms with Crippen LogP contribution in [0.1, 0.15) is 23.6 Å². The van der Waals surface area contributed by atoms with Gasteiger partial charge in [-0.25, -0.2) is 0 Å². The summed E-state index contributed by atoms with van der Waals surface area (Å²) in [6, 6.07) is 27.0. The molecule has 0 aliphatic carbocycles. The summed E-state index contributed by atoms with van der Waals surface area (Å²) in [7, 11) is 0. The third kappa shape index (κ3) is 3.26. The van der Waals surface area contributed by atoms with Crippen LogP contribution in [0.2, 0.25) is 0 Å². The zero-order chi connectivity index (χ0) is 17.2. The van der Waals surface area contributed by atoms with Gasteiger partial charge in [0.2, 0.25) is 0 Å². The SMILES string of the molecule is Nc1cccc(C2=NN(c3ccccc3)C(c3ccccc3I)C2)c1. The van der Waals surface area contributed by atoms with Crippen LogP contribution in [0.3, 0.4) is 0 Å². The molecule has 1 aliphatic heterocycles. The van der Waals surface area contributed by atoms with Crippen molar-refractivity contribution in [1.82, 2.24) is 0 Å². The van der Waals surface area contributed by atoms with E-state index in [9.17, 15) is 0 Å². The van der Waals surface area contributed by atoms with Crippen LogP contribution in [-0.4, -0.2) is 5.71 Å². The first-order valence-electron chi connectivity index (χ1n) is 8.24. The largest absolute Gasteiger partial charge is 0.399 e. The minimum absolute atomic E-state index is 0.187. The van der Waals surface area contributed by atoms with Crippen LogP contribution < -0.4 is 10.7 Å². The number of nitrogens with zero attached hydrogens (tertiary/aromatic N) is 2. The van der Waals surface area contributed by atoms with Crippen molar-refractivity contribution < 1.29 is 0 Å². The first-order valence-corrected chi connectivity index (χ1v) is 9.32. The molecule has 0 bridgehead atoms. The van der Waals surface area contributed by atoms with Gasteiger partial charge in [-0.05, 0) is 64.0 Å². The van der Waals surface area contributed by atoms with Crippen molar-refractivity contribution in [2.75, 3.05) is 10.7 Å². The van der Waals surface area contributed by atoms with Crippen molar-refractivity contribution >= 4 is 39.7 Å². The Morgan fingerprint density at radius 3 is 2.44 bits per heavy atom. The Labute approximate surface area is 161 Å². The lowest BCUT2D eigenvalue weighted by Crippen LogP contribution is -2.19. The van der Waals surface area contributed by atoms with Crippen molar-refractivity contribution in [2.24, 2.45) is 5.10 Å². The summed E-state index contributed by atoms with van der Waals surface area (Å²) in [5.74, 6) is 0. The van der Waals surface area contributed by atoms with Gasteiger partial charge in [-0.1, -0.05) is 48.5 Å². The van der Waals surface area contributed by atoms with E-state index in [1.165, 1.54) is 9.13 Å². The minimum Gasteiger partial charge on any atom is -0.399 e. The number of halogens is 1. The van der Waals surface area contributed by atoms with Gasteiger partial charge in [0.15, 0.2) is 0 Å². The lowest BCUT2D eigenvalue weighted by molar-refractivity contribution is 0.705. The van der Waals surface area contributed by atoms with Crippen molar-refractivity contribution in [3.8, 4) is 0 Å². The molecule has 3 aromatic carbocycles. The molecule has 0 aromatic heterocycles. The first kappa shape index (κ1) is 16.1. The number of hydrogen-bond acceptors (Lipinski definition) is 3. The van der Waals surface area contributed by atoms with E-state index >= 15 is 0 Å². The topological polar surface area (TPSA) is 41.6 Å². The number of anilines is 2. The molecular formula is C21H18IN3. The second kappa shape index (κ2) is 6.88. The van der Waals surface area contributed by atoms with Gasteiger partial charge in [0, 0.05) is 15.7 Å². The molecule has 0 radical (unpaired) electrons. The molecule has 1 atom stereocenters. The van der Waals surface area contributed by atoms with E-state index in [4.69, 9.17) is 10.8 Å². The van der Waals surface area contributed by atoms with Crippen LogP contribution in [-0.2, 0) is 0 Å². The van der Waals surface area contributed by atoms with Crippen LogP contribution in [0.4, 0.5) is 11.4 Å². The number of nitrogen functional groups attached to an aromatic ring is 1. The molecule has 0 spiro atoms. The summed E-state index contributed by atoms with van der Waals surface area (Å²) >= 11 is 2.41. The van der Waals surface area contributed by atoms with Crippen LogP contribution in [0.25, 0.3) is 0 Å². The molecule has 1 aliphatic rings. The molecule has 0 amide bonds. The molecule has 0 saturated heterocycles. The predicted molar refractivity (Wildman–Crippen MR) is 113 cm³/mol. The molecule has 25 heavy (non-hydrogen) atoms. The molecule has 0 saturated carbocycles. The molecule has 1 unspecified atom stereocenters. The number of rotatable bonds is 3. The number of benzene rings is 3. The Bertz CT molecular complexity index is 921. The van der Waals surface area contributed by atoms with Crippen molar-refractivity contribution in [1.29, 1.82) is 0 Å². The smallest absolute Gasteiger partial charge is 0.0842 e. The molecule has 3 aromatic rings. The maximum absolute atomic E-state index is 5.97. The Morgan fingerprint density at radius 1 is 0.920 bits per heavy atom. The van der Waals surface area contributed by atoms with Gasteiger partial charge in [0.1, 0.15) is 0 Å². The fourth-order valence-electron chi connectivity index (χ4n) is 3.21. The normalized spacial score (nSPS) is 16.8. The Balaban J connectivity index is 1.78. The molecule has 1 heterocycles. The molecule has 2 N–H and O–H groups in total. The fourth-order valence-corrected chi connectivity index (χ4v) is 3.96. The maximum atomic E-state index is 5.97.